The first-order chi connectivity index (χ1) is 9.76. The second-order valence-electron chi connectivity index (χ2n) is 4.32. The molecule has 0 aliphatic heterocycles. The van der Waals surface area contributed by atoms with Crippen LogP contribution in [0.2, 0.25) is 0 Å². The number of hydrogen-bond donors (Lipinski definition) is 2. The van der Waals surface area contributed by atoms with Gasteiger partial charge in [0, 0.05) is 16.6 Å². The lowest BCUT2D eigenvalue weighted by Gasteiger charge is -2.05. The van der Waals surface area contributed by atoms with Crippen LogP contribution in [-0.2, 0) is 0 Å². The van der Waals surface area contributed by atoms with Gasteiger partial charge in [-0.05, 0) is 30.3 Å². The minimum absolute atomic E-state index is 0.225. The average Bonchev–Trinajstić information content (AvgIpc) is 2.94. The number of carbonyl (C=O) groups excluding carboxylic acids is 1. The van der Waals surface area contributed by atoms with Gasteiger partial charge in [-0.1, -0.05) is 12.1 Å². The first-order valence-electron chi connectivity index (χ1n) is 6.01. The SMILES string of the molecule is N#Cc1cccc(NC(=O)c2ccc3cn[nH]c3c2)c1. The molecule has 0 unspecified atom stereocenters. The lowest BCUT2D eigenvalue weighted by Crippen LogP contribution is -2.11. The van der Waals surface area contributed by atoms with E-state index in [4.69, 9.17) is 5.26 Å². The van der Waals surface area contributed by atoms with E-state index in [1.54, 1.807) is 42.6 Å². The zero-order chi connectivity index (χ0) is 13.9. The number of benzene rings is 2. The molecule has 96 valence electrons. The quantitative estimate of drug-likeness (QED) is 0.745. The van der Waals surface area contributed by atoms with E-state index in [-0.39, 0.29) is 5.91 Å². The van der Waals surface area contributed by atoms with E-state index in [0.29, 0.717) is 16.8 Å². The van der Waals surface area contributed by atoms with Crippen LogP contribution < -0.4 is 5.32 Å². The number of fused-ring (bicyclic) bond motifs is 1. The van der Waals surface area contributed by atoms with Gasteiger partial charge in [0.15, 0.2) is 0 Å². The molecule has 2 aromatic carbocycles. The lowest BCUT2D eigenvalue weighted by molar-refractivity contribution is 0.102. The summed E-state index contributed by atoms with van der Waals surface area (Å²) in [5.41, 5.74) is 2.44. The summed E-state index contributed by atoms with van der Waals surface area (Å²) in [6, 6.07) is 14.1. The van der Waals surface area contributed by atoms with Crippen molar-refractivity contribution in [3.05, 3.63) is 59.8 Å². The molecule has 2 N–H and O–H groups in total. The molecule has 3 aromatic rings. The van der Waals surface area contributed by atoms with Crippen LogP contribution in [0.4, 0.5) is 5.69 Å². The first-order valence-corrected chi connectivity index (χ1v) is 6.01. The lowest BCUT2D eigenvalue weighted by atomic mass is 10.1. The highest BCUT2D eigenvalue weighted by Crippen LogP contribution is 2.15. The fourth-order valence-corrected chi connectivity index (χ4v) is 1.95. The molecular weight excluding hydrogens is 252 g/mol. The van der Waals surface area contributed by atoms with Crippen LogP contribution in [0.15, 0.2) is 48.7 Å². The smallest absolute Gasteiger partial charge is 0.255 e. The third-order valence-corrected chi connectivity index (χ3v) is 2.95. The number of H-pyrrole nitrogens is 1. The molecule has 1 heterocycles. The normalized spacial score (nSPS) is 10.2. The molecule has 0 aliphatic carbocycles. The zero-order valence-electron chi connectivity index (χ0n) is 10.4. The van der Waals surface area contributed by atoms with Gasteiger partial charge in [-0.25, -0.2) is 0 Å². The van der Waals surface area contributed by atoms with Crippen molar-refractivity contribution in [2.75, 3.05) is 5.32 Å². The van der Waals surface area contributed by atoms with Crippen LogP contribution in [-0.4, -0.2) is 16.1 Å². The van der Waals surface area contributed by atoms with Crippen molar-refractivity contribution in [2.24, 2.45) is 0 Å². The molecule has 0 fully saturated rings. The molecule has 1 amide bonds. The molecule has 5 heteroatoms. The van der Waals surface area contributed by atoms with E-state index in [2.05, 4.69) is 15.5 Å². The van der Waals surface area contributed by atoms with Gasteiger partial charge in [0.2, 0.25) is 0 Å². The number of rotatable bonds is 2. The average molecular weight is 262 g/mol. The van der Waals surface area contributed by atoms with Crippen LogP contribution in [0, 0.1) is 11.3 Å². The molecule has 0 saturated heterocycles. The Hall–Kier alpha value is -3.13. The number of nitrogens with zero attached hydrogens (tertiary/aromatic N) is 2. The first kappa shape index (κ1) is 11.9. The fourth-order valence-electron chi connectivity index (χ4n) is 1.95. The van der Waals surface area contributed by atoms with E-state index in [9.17, 15) is 4.79 Å². The molecule has 20 heavy (non-hydrogen) atoms. The number of carbonyl (C=O) groups is 1. The van der Waals surface area contributed by atoms with Crippen molar-refractivity contribution in [3.63, 3.8) is 0 Å². The Balaban J connectivity index is 1.86. The Morgan fingerprint density at radius 2 is 2.15 bits per heavy atom. The number of amides is 1. The standard InChI is InChI=1S/C15H10N4O/c16-8-10-2-1-3-13(6-10)18-15(20)11-4-5-12-9-17-19-14(12)7-11/h1-7,9H,(H,17,19)(H,18,20). The molecule has 3 rings (SSSR count). The van der Waals surface area contributed by atoms with E-state index >= 15 is 0 Å². The van der Waals surface area contributed by atoms with Crippen molar-refractivity contribution in [1.82, 2.24) is 10.2 Å². The van der Waals surface area contributed by atoms with Crippen molar-refractivity contribution >= 4 is 22.5 Å². The predicted octanol–water partition coefficient (Wildman–Crippen LogP) is 2.69. The Morgan fingerprint density at radius 3 is 3.00 bits per heavy atom. The number of nitriles is 1. The molecule has 0 radical (unpaired) electrons. The third-order valence-electron chi connectivity index (χ3n) is 2.95. The summed E-state index contributed by atoms with van der Waals surface area (Å²) >= 11 is 0. The summed E-state index contributed by atoms with van der Waals surface area (Å²) in [6.45, 7) is 0. The number of anilines is 1. The summed E-state index contributed by atoms with van der Waals surface area (Å²) in [5.74, 6) is -0.225. The van der Waals surface area contributed by atoms with Crippen molar-refractivity contribution < 1.29 is 4.79 Å². The van der Waals surface area contributed by atoms with E-state index in [1.807, 2.05) is 12.1 Å². The summed E-state index contributed by atoms with van der Waals surface area (Å²) in [4.78, 5) is 12.2. The van der Waals surface area contributed by atoms with E-state index < -0.39 is 0 Å². The number of hydrogen-bond acceptors (Lipinski definition) is 3. The van der Waals surface area contributed by atoms with E-state index in [0.717, 1.165) is 10.9 Å². The zero-order valence-corrected chi connectivity index (χ0v) is 10.4. The molecule has 5 nitrogen and oxygen atoms in total. The van der Waals surface area contributed by atoms with Crippen LogP contribution in [0.3, 0.4) is 0 Å². The maximum absolute atomic E-state index is 12.2. The summed E-state index contributed by atoms with van der Waals surface area (Å²) < 4.78 is 0. The van der Waals surface area contributed by atoms with Gasteiger partial charge in [-0.15, -0.1) is 0 Å². The summed E-state index contributed by atoms with van der Waals surface area (Å²) in [7, 11) is 0. The summed E-state index contributed by atoms with van der Waals surface area (Å²) in [6.07, 6.45) is 1.70. The second kappa shape index (κ2) is 4.86. The predicted molar refractivity (Wildman–Crippen MR) is 75.2 cm³/mol. The molecule has 1 aromatic heterocycles. The minimum Gasteiger partial charge on any atom is -0.322 e. The molecule has 0 bridgehead atoms. The fraction of sp³-hybridized carbons (Fsp3) is 0. The Labute approximate surface area is 114 Å². The number of nitrogens with one attached hydrogen (secondary N) is 2. The van der Waals surface area contributed by atoms with Crippen molar-refractivity contribution in [2.45, 2.75) is 0 Å². The van der Waals surface area contributed by atoms with Crippen molar-refractivity contribution in [1.29, 1.82) is 5.26 Å². The van der Waals surface area contributed by atoms with Gasteiger partial charge in [0.25, 0.3) is 5.91 Å². The molecule has 0 spiro atoms. The van der Waals surface area contributed by atoms with Gasteiger partial charge in [0.1, 0.15) is 0 Å². The maximum atomic E-state index is 12.2. The van der Waals surface area contributed by atoms with Gasteiger partial charge < -0.3 is 5.32 Å². The van der Waals surface area contributed by atoms with Crippen molar-refractivity contribution in [3.8, 4) is 6.07 Å². The number of aromatic amines is 1. The Morgan fingerprint density at radius 1 is 1.25 bits per heavy atom. The van der Waals surface area contributed by atoms with Crippen LogP contribution in [0.1, 0.15) is 15.9 Å². The topological polar surface area (TPSA) is 81.6 Å². The second-order valence-corrected chi connectivity index (χ2v) is 4.32. The van der Waals surface area contributed by atoms with Gasteiger partial charge in [-0.2, -0.15) is 10.4 Å². The summed E-state index contributed by atoms with van der Waals surface area (Å²) in [5, 5.41) is 19.3. The Kier molecular flexibility index (Phi) is 2.90. The van der Waals surface area contributed by atoms with Crippen LogP contribution in [0.25, 0.3) is 10.9 Å². The van der Waals surface area contributed by atoms with E-state index in [1.165, 1.54) is 0 Å². The van der Waals surface area contributed by atoms with Gasteiger partial charge in [0.05, 0.1) is 23.3 Å². The van der Waals surface area contributed by atoms with Gasteiger partial charge in [-0.3, -0.25) is 9.89 Å². The highest BCUT2D eigenvalue weighted by molar-refractivity contribution is 6.06. The van der Waals surface area contributed by atoms with Gasteiger partial charge >= 0.3 is 0 Å². The minimum atomic E-state index is -0.225. The maximum Gasteiger partial charge on any atom is 0.255 e. The Bertz CT molecular complexity index is 829. The molecule has 0 atom stereocenters. The largest absolute Gasteiger partial charge is 0.322 e. The molecular formula is C15H10N4O. The molecule has 0 saturated carbocycles. The highest BCUT2D eigenvalue weighted by atomic mass is 16.1. The van der Waals surface area contributed by atoms with Crippen LogP contribution >= 0.6 is 0 Å². The monoisotopic (exact) mass is 262 g/mol. The van der Waals surface area contributed by atoms with Crippen LogP contribution in [0.5, 0.6) is 0 Å². The highest BCUT2D eigenvalue weighted by Gasteiger charge is 2.08. The molecule has 0 aliphatic rings. The number of aromatic nitrogens is 2. The third kappa shape index (κ3) is 2.22.